The van der Waals surface area contributed by atoms with Gasteiger partial charge in [0.2, 0.25) is 0 Å². The molecule has 2 N–H and O–H groups in total. The number of nitrogens with one attached hydrogen (secondary N) is 1. The molecule has 0 bridgehead atoms. The molecule has 0 radical (unpaired) electrons. The van der Waals surface area contributed by atoms with Crippen molar-refractivity contribution in [1.29, 1.82) is 0 Å². The first-order chi connectivity index (χ1) is 9.59. The van der Waals surface area contributed by atoms with E-state index in [0.29, 0.717) is 17.7 Å². The van der Waals surface area contributed by atoms with E-state index in [0.717, 1.165) is 18.5 Å². The Labute approximate surface area is 137 Å². The lowest BCUT2D eigenvalue weighted by atomic mass is 10.2. The second-order valence-electron chi connectivity index (χ2n) is 5.19. The quantitative estimate of drug-likeness (QED) is 0.448. The normalized spacial score (nSPS) is 12.9. The van der Waals surface area contributed by atoms with E-state index in [4.69, 9.17) is 9.84 Å². The zero-order valence-electron chi connectivity index (χ0n) is 12.7. The predicted molar refractivity (Wildman–Crippen MR) is 77.9 cm³/mol. The smallest absolute Gasteiger partial charge is 0.411 e. The lowest BCUT2D eigenvalue weighted by Gasteiger charge is -2.33. The number of ether oxygens (including phenoxy) is 1. The van der Waals surface area contributed by atoms with Crippen LogP contribution in [0.1, 0.15) is 18.9 Å². The number of nitrogens with zero attached hydrogens (tertiary/aromatic N) is 1. The Hall–Kier alpha value is -1.11. The van der Waals surface area contributed by atoms with Crippen molar-refractivity contribution in [2.24, 2.45) is 0 Å². The molecule has 120 valence electrons. The van der Waals surface area contributed by atoms with Gasteiger partial charge in [-0.1, -0.05) is 37.3 Å². The van der Waals surface area contributed by atoms with E-state index in [1.807, 2.05) is 37.4 Å². The number of benzene rings is 1. The molecule has 0 aliphatic carbocycles. The molecule has 1 aromatic rings. The number of hydrogen-bond acceptors (Lipinski definition) is 3. The molecule has 1 aromatic carbocycles. The van der Waals surface area contributed by atoms with Crippen LogP contribution in [0.3, 0.4) is 0 Å². The standard InChI is InChI=1S/C15H24N2O3.BrH/c1-3-9-17(2,10-11-18)13-16-15(19)20-12-14-7-5-4-6-8-14;/h4-8,18H,3,9-13H2,1-2H3;1H. The van der Waals surface area contributed by atoms with Gasteiger partial charge in [0.25, 0.3) is 0 Å². The van der Waals surface area contributed by atoms with Gasteiger partial charge in [0, 0.05) is 0 Å². The fourth-order valence-electron chi connectivity index (χ4n) is 2.08. The predicted octanol–water partition coefficient (Wildman–Crippen LogP) is -1.28. The number of carbonyl (C=O) groups excluding carboxylic acids is 1. The van der Waals surface area contributed by atoms with Crippen molar-refractivity contribution in [3.05, 3.63) is 35.9 Å². The molecule has 0 aromatic heterocycles. The second-order valence-corrected chi connectivity index (χ2v) is 5.19. The first-order valence-corrected chi connectivity index (χ1v) is 6.98. The third-order valence-electron chi connectivity index (χ3n) is 3.22. The van der Waals surface area contributed by atoms with Crippen LogP contribution in [0.5, 0.6) is 0 Å². The number of aliphatic hydroxyl groups is 1. The summed E-state index contributed by atoms with van der Waals surface area (Å²) in [6, 6.07) is 9.57. The Morgan fingerprint density at radius 2 is 1.95 bits per heavy atom. The number of hydrogen-bond donors (Lipinski definition) is 2. The van der Waals surface area contributed by atoms with Crippen molar-refractivity contribution in [1.82, 2.24) is 5.32 Å². The molecule has 0 fully saturated rings. The number of halogens is 1. The lowest BCUT2D eigenvalue weighted by Crippen LogP contribution is -3.00. The molecule has 1 unspecified atom stereocenters. The molecule has 0 saturated carbocycles. The van der Waals surface area contributed by atoms with E-state index in [1.165, 1.54) is 0 Å². The largest absolute Gasteiger partial charge is 1.00 e. The van der Waals surface area contributed by atoms with Gasteiger partial charge in [0.15, 0.2) is 6.67 Å². The van der Waals surface area contributed by atoms with Gasteiger partial charge in [-0.25, -0.2) is 4.79 Å². The highest BCUT2D eigenvalue weighted by Gasteiger charge is 2.20. The van der Waals surface area contributed by atoms with Crippen molar-refractivity contribution < 1.29 is 36.1 Å². The summed E-state index contributed by atoms with van der Waals surface area (Å²) < 4.78 is 5.76. The van der Waals surface area contributed by atoms with Crippen LogP contribution in [-0.4, -0.2) is 49.1 Å². The molecule has 21 heavy (non-hydrogen) atoms. The van der Waals surface area contributed by atoms with Gasteiger partial charge in [-0.3, -0.25) is 5.32 Å². The highest BCUT2D eigenvalue weighted by atomic mass is 79.9. The summed E-state index contributed by atoms with van der Waals surface area (Å²) in [4.78, 5) is 11.7. The number of aliphatic hydroxyl groups excluding tert-OH is 1. The molecular formula is C15H25BrN2O3. The van der Waals surface area contributed by atoms with Crippen LogP contribution in [0.4, 0.5) is 4.79 Å². The maximum Gasteiger partial charge on any atom is 0.411 e. The Bertz CT molecular complexity index is 395. The minimum atomic E-state index is -0.424. The molecule has 1 atom stereocenters. The number of carbonyl (C=O) groups is 1. The van der Waals surface area contributed by atoms with Gasteiger partial charge >= 0.3 is 6.09 Å². The van der Waals surface area contributed by atoms with Gasteiger partial charge in [-0.15, -0.1) is 0 Å². The lowest BCUT2D eigenvalue weighted by molar-refractivity contribution is -0.911. The van der Waals surface area contributed by atoms with Gasteiger partial charge < -0.3 is 31.3 Å². The molecule has 5 nitrogen and oxygen atoms in total. The van der Waals surface area contributed by atoms with E-state index in [1.54, 1.807) is 0 Å². The molecule has 0 heterocycles. The van der Waals surface area contributed by atoms with Crippen molar-refractivity contribution in [3.63, 3.8) is 0 Å². The summed E-state index contributed by atoms with van der Waals surface area (Å²) in [5.41, 5.74) is 0.962. The Balaban J connectivity index is 0.00000400. The van der Waals surface area contributed by atoms with Crippen LogP contribution in [0, 0.1) is 0 Å². The summed E-state index contributed by atoms with van der Waals surface area (Å²) in [7, 11) is 2.01. The van der Waals surface area contributed by atoms with Gasteiger partial charge in [0.1, 0.15) is 13.2 Å². The highest BCUT2D eigenvalue weighted by molar-refractivity contribution is 5.66. The zero-order valence-corrected chi connectivity index (χ0v) is 14.3. The van der Waals surface area contributed by atoms with Crippen LogP contribution in [0.25, 0.3) is 0 Å². The van der Waals surface area contributed by atoms with E-state index in [9.17, 15) is 4.79 Å². The molecule has 0 aliphatic rings. The maximum absolute atomic E-state index is 11.7. The molecule has 6 heteroatoms. The summed E-state index contributed by atoms with van der Waals surface area (Å²) in [5.74, 6) is 0. The zero-order chi connectivity index (χ0) is 14.8. The van der Waals surface area contributed by atoms with Crippen molar-refractivity contribution in [2.75, 3.05) is 33.4 Å². The minimum absolute atomic E-state index is 0. The minimum Gasteiger partial charge on any atom is -1.00 e. The van der Waals surface area contributed by atoms with E-state index < -0.39 is 6.09 Å². The number of alkyl carbamates (subject to hydrolysis) is 1. The Kier molecular flexibility index (Phi) is 10.0. The van der Waals surface area contributed by atoms with Crippen LogP contribution < -0.4 is 22.3 Å². The first-order valence-electron chi connectivity index (χ1n) is 6.98. The Morgan fingerprint density at radius 3 is 2.52 bits per heavy atom. The van der Waals surface area contributed by atoms with Gasteiger partial charge in [-0.05, 0) is 12.0 Å². The molecule has 0 saturated heterocycles. The third kappa shape index (κ3) is 8.04. The van der Waals surface area contributed by atoms with Crippen LogP contribution in [0.15, 0.2) is 30.3 Å². The number of amides is 1. The molecular weight excluding hydrogens is 336 g/mol. The van der Waals surface area contributed by atoms with Crippen molar-refractivity contribution in [3.8, 4) is 0 Å². The highest BCUT2D eigenvalue weighted by Crippen LogP contribution is 2.03. The third-order valence-corrected chi connectivity index (χ3v) is 3.22. The second kappa shape index (κ2) is 10.6. The van der Waals surface area contributed by atoms with Crippen molar-refractivity contribution >= 4 is 6.09 Å². The number of rotatable bonds is 8. The van der Waals surface area contributed by atoms with Crippen LogP contribution >= 0.6 is 0 Å². The molecule has 1 rings (SSSR count). The molecule has 0 aliphatic heterocycles. The van der Waals surface area contributed by atoms with Gasteiger partial charge in [-0.2, -0.15) is 0 Å². The van der Waals surface area contributed by atoms with Gasteiger partial charge in [0.05, 0.1) is 20.2 Å². The van der Waals surface area contributed by atoms with E-state index in [-0.39, 0.29) is 30.2 Å². The Morgan fingerprint density at radius 1 is 1.29 bits per heavy atom. The fourth-order valence-corrected chi connectivity index (χ4v) is 2.08. The van der Waals surface area contributed by atoms with Crippen LogP contribution in [0.2, 0.25) is 0 Å². The number of likely N-dealkylation sites (N-methyl/N-ethyl adjacent to an activating group) is 1. The summed E-state index contributed by atoms with van der Waals surface area (Å²) >= 11 is 0. The van der Waals surface area contributed by atoms with Crippen molar-refractivity contribution in [2.45, 2.75) is 20.0 Å². The average Bonchev–Trinajstić information content (AvgIpc) is 2.45. The first kappa shape index (κ1) is 19.9. The maximum atomic E-state index is 11.7. The van der Waals surface area contributed by atoms with Crippen LogP contribution in [-0.2, 0) is 11.3 Å². The molecule has 0 spiro atoms. The summed E-state index contributed by atoms with van der Waals surface area (Å²) in [6.45, 7) is 4.44. The molecule has 1 amide bonds. The van der Waals surface area contributed by atoms with E-state index >= 15 is 0 Å². The number of quaternary nitrogens is 1. The SMILES string of the molecule is CCC[N+](C)(CCO)CNC(=O)OCc1ccccc1.[Br-]. The topological polar surface area (TPSA) is 58.6 Å². The average molecular weight is 361 g/mol. The fraction of sp³-hybridized carbons (Fsp3) is 0.533. The summed E-state index contributed by atoms with van der Waals surface area (Å²) in [6.07, 6.45) is 0.573. The summed E-state index contributed by atoms with van der Waals surface area (Å²) in [5, 5.41) is 11.8. The monoisotopic (exact) mass is 360 g/mol. The van der Waals surface area contributed by atoms with E-state index in [2.05, 4.69) is 12.2 Å².